The molecule has 1 saturated carbocycles. The van der Waals surface area contributed by atoms with Crippen molar-refractivity contribution in [3.63, 3.8) is 0 Å². The van der Waals surface area contributed by atoms with E-state index in [4.69, 9.17) is 4.55 Å². The zero-order chi connectivity index (χ0) is 6.62. The van der Waals surface area contributed by atoms with Crippen LogP contribution in [0.4, 0.5) is 0 Å². The molecule has 0 atom stereocenters. The summed E-state index contributed by atoms with van der Waals surface area (Å²) in [6.45, 7) is 0. The van der Waals surface area contributed by atoms with E-state index < -0.39 is 10.1 Å². The maximum Gasteiger partial charge on any atom is 0.261 e. The Hall–Kier alpha value is -0.130. The van der Waals surface area contributed by atoms with Gasteiger partial charge in [-0.05, 0) is 0 Å². The molecule has 0 unspecified atom stereocenters. The molecule has 0 aromatic rings. The van der Waals surface area contributed by atoms with Crippen LogP contribution in [-0.4, -0.2) is 19.2 Å². The summed E-state index contributed by atoms with van der Waals surface area (Å²) in [4.78, 5) is 0. The summed E-state index contributed by atoms with van der Waals surface area (Å²) in [5.41, 5.74) is 0. The molecule has 0 aromatic heterocycles. The number of rotatable bonds is 0. The minimum absolute atomic E-state index is 0. The van der Waals surface area contributed by atoms with Crippen LogP contribution in [0.2, 0.25) is 0 Å². The van der Waals surface area contributed by atoms with Crippen molar-refractivity contribution in [1.29, 1.82) is 0 Å². The molecule has 0 heterocycles. The molecule has 0 amide bonds. The lowest BCUT2D eigenvalue weighted by Crippen LogP contribution is -1.88. The van der Waals surface area contributed by atoms with Gasteiger partial charge in [0.2, 0.25) is 0 Å². The van der Waals surface area contributed by atoms with Gasteiger partial charge in [0.15, 0.2) is 0 Å². The smallest absolute Gasteiger partial charge is 0.261 e. The normalized spacial score (nSPS) is 14.4. The summed E-state index contributed by atoms with van der Waals surface area (Å²) in [5.74, 6) is 0. The standard InChI is InChI=1S/C3H6.CH4O3S.H3N/c1-2-3-1;1-5(2,3)4;/h1-3H2;1H3,(H,2,3,4);1H3. The summed E-state index contributed by atoms with van der Waals surface area (Å²) < 4.78 is 25.9. The summed E-state index contributed by atoms with van der Waals surface area (Å²) in [5, 5.41) is 0. The lowest BCUT2D eigenvalue weighted by atomic mass is 11.0. The zero-order valence-electron chi connectivity index (χ0n) is 5.50. The number of hydrogen-bond donors (Lipinski definition) is 2. The predicted octanol–water partition coefficient (Wildman–Crippen LogP) is 0.836. The highest BCUT2D eigenvalue weighted by Crippen LogP contribution is 2.14. The molecule has 0 spiro atoms. The van der Waals surface area contributed by atoms with E-state index in [0.29, 0.717) is 6.26 Å². The summed E-state index contributed by atoms with van der Waals surface area (Å²) in [6.07, 6.45) is 5.22. The first kappa shape index (κ1) is 11.6. The summed E-state index contributed by atoms with van der Waals surface area (Å²) in [6, 6.07) is 0. The van der Waals surface area contributed by atoms with Gasteiger partial charge in [-0.1, -0.05) is 19.3 Å². The van der Waals surface area contributed by atoms with Gasteiger partial charge in [-0.2, -0.15) is 8.42 Å². The van der Waals surface area contributed by atoms with E-state index in [9.17, 15) is 8.42 Å². The Bertz CT molecular complexity index is 127. The van der Waals surface area contributed by atoms with Crippen LogP contribution in [0.15, 0.2) is 0 Å². The van der Waals surface area contributed by atoms with Gasteiger partial charge < -0.3 is 6.15 Å². The van der Waals surface area contributed by atoms with Crippen LogP contribution in [0.25, 0.3) is 0 Å². The maximum atomic E-state index is 9.19. The molecule has 0 radical (unpaired) electrons. The van der Waals surface area contributed by atoms with Crippen LogP contribution in [0, 0.1) is 0 Å². The Morgan fingerprint density at radius 3 is 1.33 bits per heavy atom. The highest BCUT2D eigenvalue weighted by atomic mass is 32.2. The molecule has 1 fully saturated rings. The van der Waals surface area contributed by atoms with Crippen LogP contribution in [-0.2, 0) is 10.1 Å². The second-order valence-electron chi connectivity index (χ2n) is 1.79. The zero-order valence-corrected chi connectivity index (χ0v) is 6.32. The van der Waals surface area contributed by atoms with Gasteiger partial charge in [-0.15, -0.1) is 0 Å². The molecule has 1 rings (SSSR count). The predicted molar refractivity (Wildman–Crippen MR) is 36.3 cm³/mol. The lowest BCUT2D eigenvalue weighted by Gasteiger charge is -1.69. The quantitative estimate of drug-likeness (QED) is 0.507. The third-order valence-corrected chi connectivity index (χ3v) is 0.354. The largest absolute Gasteiger partial charge is 0.344 e. The molecule has 0 aliphatic heterocycles. The second-order valence-corrected chi connectivity index (χ2v) is 3.26. The first-order valence-corrected chi connectivity index (χ1v) is 4.27. The SMILES string of the molecule is C1CC1.CS(=O)(=O)O.N. The minimum atomic E-state index is -3.67. The van der Waals surface area contributed by atoms with Crippen molar-refractivity contribution in [3.05, 3.63) is 0 Å². The first-order valence-electron chi connectivity index (χ1n) is 2.42. The topological polar surface area (TPSA) is 89.4 Å². The molecule has 4 nitrogen and oxygen atoms in total. The highest BCUT2D eigenvalue weighted by molar-refractivity contribution is 7.85. The third kappa shape index (κ3) is 358. The Morgan fingerprint density at radius 2 is 1.33 bits per heavy atom. The van der Waals surface area contributed by atoms with Crippen LogP contribution >= 0.6 is 0 Å². The van der Waals surface area contributed by atoms with E-state index in [-0.39, 0.29) is 6.15 Å². The van der Waals surface area contributed by atoms with E-state index in [2.05, 4.69) is 0 Å². The van der Waals surface area contributed by atoms with Gasteiger partial charge in [0, 0.05) is 0 Å². The average molecular weight is 155 g/mol. The molecular formula is C4H13NO3S. The molecule has 1 aliphatic carbocycles. The molecule has 0 saturated heterocycles. The van der Waals surface area contributed by atoms with Crippen molar-refractivity contribution >= 4 is 10.1 Å². The van der Waals surface area contributed by atoms with Gasteiger partial charge >= 0.3 is 0 Å². The van der Waals surface area contributed by atoms with Crippen LogP contribution in [0.5, 0.6) is 0 Å². The summed E-state index contributed by atoms with van der Waals surface area (Å²) >= 11 is 0. The molecule has 4 N–H and O–H groups in total. The van der Waals surface area contributed by atoms with Gasteiger partial charge in [-0.25, -0.2) is 0 Å². The molecule has 9 heavy (non-hydrogen) atoms. The molecule has 0 bridgehead atoms. The van der Waals surface area contributed by atoms with Crippen molar-refractivity contribution in [1.82, 2.24) is 6.15 Å². The molecule has 0 aromatic carbocycles. The van der Waals surface area contributed by atoms with Gasteiger partial charge in [-0.3, -0.25) is 4.55 Å². The average Bonchev–Trinajstić information content (AvgIpc) is 1.95. The Morgan fingerprint density at radius 1 is 1.22 bits per heavy atom. The monoisotopic (exact) mass is 155 g/mol. The molecule has 58 valence electrons. The first-order chi connectivity index (χ1) is 3.50. The number of hydrogen-bond acceptors (Lipinski definition) is 3. The van der Waals surface area contributed by atoms with Crippen molar-refractivity contribution < 1.29 is 13.0 Å². The summed E-state index contributed by atoms with van der Waals surface area (Å²) in [7, 11) is -3.67. The van der Waals surface area contributed by atoms with Gasteiger partial charge in [0.05, 0.1) is 6.26 Å². The van der Waals surface area contributed by atoms with E-state index in [0.717, 1.165) is 0 Å². The Balaban J connectivity index is 0. The van der Waals surface area contributed by atoms with E-state index in [1.807, 2.05) is 0 Å². The van der Waals surface area contributed by atoms with Gasteiger partial charge in [0.25, 0.3) is 10.1 Å². The fourth-order valence-corrected chi connectivity index (χ4v) is 0. The van der Waals surface area contributed by atoms with Crippen molar-refractivity contribution in [3.8, 4) is 0 Å². The maximum absolute atomic E-state index is 9.19. The van der Waals surface area contributed by atoms with Crippen molar-refractivity contribution in [2.24, 2.45) is 0 Å². The fraction of sp³-hybridized carbons (Fsp3) is 1.00. The van der Waals surface area contributed by atoms with E-state index in [1.165, 1.54) is 19.3 Å². The fourth-order valence-electron chi connectivity index (χ4n) is 0. The van der Waals surface area contributed by atoms with Crippen LogP contribution in [0.3, 0.4) is 0 Å². The van der Waals surface area contributed by atoms with Crippen molar-refractivity contribution in [2.75, 3.05) is 6.26 Å². The second kappa shape index (κ2) is 4.72. The molecule has 5 heteroatoms. The van der Waals surface area contributed by atoms with Crippen LogP contribution in [0.1, 0.15) is 19.3 Å². The molecule has 1 aliphatic rings. The van der Waals surface area contributed by atoms with E-state index in [1.54, 1.807) is 0 Å². The Labute approximate surface area is 55.6 Å². The molecular weight excluding hydrogens is 142 g/mol. The van der Waals surface area contributed by atoms with Crippen LogP contribution < -0.4 is 6.15 Å². The lowest BCUT2D eigenvalue weighted by molar-refractivity contribution is 0.490. The third-order valence-electron chi connectivity index (χ3n) is 0.354. The minimum Gasteiger partial charge on any atom is -0.344 e. The van der Waals surface area contributed by atoms with E-state index >= 15 is 0 Å². The van der Waals surface area contributed by atoms with Crippen molar-refractivity contribution in [2.45, 2.75) is 19.3 Å². The van der Waals surface area contributed by atoms with Gasteiger partial charge in [0.1, 0.15) is 0 Å². The highest BCUT2D eigenvalue weighted by Gasteiger charge is 1.95. The Kier molecular flexibility index (Phi) is 6.11.